The van der Waals surface area contributed by atoms with Crippen molar-refractivity contribution < 1.29 is 13.6 Å². The summed E-state index contributed by atoms with van der Waals surface area (Å²) < 4.78 is 28.3. The first-order valence-electron chi connectivity index (χ1n) is 13.4. The minimum absolute atomic E-state index is 0.0202. The highest BCUT2D eigenvalue weighted by Gasteiger charge is 2.25. The molecule has 1 aromatic rings. The molecule has 0 spiro atoms. The number of hydrogen-bond acceptors (Lipinski definition) is 8. The Morgan fingerprint density at radius 2 is 1.97 bits per heavy atom. The number of carbonyl (C=O) groups excluding carboxylic acids is 1. The number of piperidine rings is 1. The number of allylic oxidation sites excluding steroid dienone is 1. The van der Waals surface area contributed by atoms with Crippen LogP contribution in [-0.2, 0) is 11.2 Å². The molecule has 10 heteroatoms. The van der Waals surface area contributed by atoms with Crippen LogP contribution in [0.2, 0.25) is 0 Å². The molecular weight excluding hydrogens is 488 g/mol. The van der Waals surface area contributed by atoms with Crippen LogP contribution < -0.4 is 32.7 Å². The van der Waals surface area contributed by atoms with Crippen molar-refractivity contribution >= 4 is 24.3 Å². The number of fused-ring (bicyclic) bond motifs is 1. The van der Waals surface area contributed by atoms with Gasteiger partial charge in [0.05, 0.1) is 6.04 Å². The summed E-state index contributed by atoms with van der Waals surface area (Å²) in [7, 11) is 3.56. The molecule has 0 aliphatic carbocycles. The fourth-order valence-corrected chi connectivity index (χ4v) is 5.22. The van der Waals surface area contributed by atoms with Gasteiger partial charge in [-0.2, -0.15) is 0 Å². The first-order chi connectivity index (χ1) is 18.5. The molecule has 2 heterocycles. The van der Waals surface area contributed by atoms with Crippen LogP contribution in [0, 0.1) is 0 Å². The Bertz CT molecular complexity index is 959. The lowest BCUT2D eigenvalue weighted by atomic mass is 9.89. The van der Waals surface area contributed by atoms with Crippen LogP contribution in [0.1, 0.15) is 61.6 Å². The highest BCUT2D eigenvalue weighted by molar-refractivity contribution is 6.10. The lowest BCUT2D eigenvalue weighted by Gasteiger charge is -2.32. The number of nitrogens with one attached hydrogen (secondary N) is 4. The maximum Gasteiger partial charge on any atom is 0.264 e. The number of benzene rings is 1. The average Bonchev–Trinajstić information content (AvgIpc) is 2.93. The Hall–Kier alpha value is -2.82. The Labute approximate surface area is 225 Å². The standard InChI is InChI=1S/C27H43F2N7.CH2O/c1-32-10-9-25(35-20-7-11-34-12-8-20)23(16-31)24-6-4-3-5-18-13-21(19(15-30)17-33-2)22(27(28)29)14-26(18)36-24;1-2/h13-15,17,20,24,27,32,34-36H,3-12,16,30-31H2,1-2H3;1H2/b19-15+,25-23-,33-17?;. The maximum atomic E-state index is 14.2. The Kier molecular flexibility index (Phi) is 14.0. The van der Waals surface area contributed by atoms with E-state index in [0.29, 0.717) is 23.7 Å². The summed E-state index contributed by atoms with van der Waals surface area (Å²) >= 11 is 0. The van der Waals surface area contributed by atoms with E-state index in [1.807, 2.05) is 19.9 Å². The largest absolute Gasteiger partial charge is 0.404 e. The van der Waals surface area contributed by atoms with Crippen molar-refractivity contribution in [2.24, 2.45) is 16.5 Å². The Morgan fingerprint density at radius 1 is 1.24 bits per heavy atom. The molecule has 0 aromatic heterocycles. The van der Waals surface area contributed by atoms with E-state index < -0.39 is 6.43 Å². The van der Waals surface area contributed by atoms with Crippen LogP contribution in [-0.4, -0.2) is 65.4 Å². The third-order valence-corrected chi connectivity index (χ3v) is 7.16. The smallest absolute Gasteiger partial charge is 0.264 e. The highest BCUT2D eigenvalue weighted by atomic mass is 19.3. The molecule has 2 aliphatic heterocycles. The second-order valence-electron chi connectivity index (χ2n) is 9.58. The predicted molar refractivity (Wildman–Crippen MR) is 154 cm³/mol. The number of halogens is 2. The number of rotatable bonds is 10. The molecule has 1 fully saturated rings. The predicted octanol–water partition coefficient (Wildman–Crippen LogP) is 3.11. The van der Waals surface area contributed by atoms with Gasteiger partial charge in [0.1, 0.15) is 6.79 Å². The molecule has 1 atom stereocenters. The summed E-state index contributed by atoms with van der Waals surface area (Å²) in [6.45, 7) is 5.26. The van der Waals surface area contributed by atoms with E-state index in [1.54, 1.807) is 13.1 Å². The first-order valence-corrected chi connectivity index (χ1v) is 13.4. The average molecular weight is 534 g/mol. The summed E-state index contributed by atoms with van der Waals surface area (Å²) in [5.74, 6) is 0. The summed E-state index contributed by atoms with van der Waals surface area (Å²) in [4.78, 5) is 12.0. The third-order valence-electron chi connectivity index (χ3n) is 7.16. The number of nitrogens with two attached hydrogens (primary N) is 2. The van der Waals surface area contributed by atoms with Gasteiger partial charge in [-0.3, -0.25) is 4.99 Å². The van der Waals surface area contributed by atoms with Crippen molar-refractivity contribution in [3.05, 3.63) is 46.3 Å². The first kappa shape index (κ1) is 31.4. The van der Waals surface area contributed by atoms with Gasteiger partial charge in [0.2, 0.25) is 0 Å². The van der Waals surface area contributed by atoms with Gasteiger partial charge in [-0.25, -0.2) is 8.78 Å². The van der Waals surface area contributed by atoms with Crippen molar-refractivity contribution in [1.29, 1.82) is 0 Å². The summed E-state index contributed by atoms with van der Waals surface area (Å²) in [5.41, 5.74) is 17.1. The van der Waals surface area contributed by atoms with Gasteiger partial charge >= 0.3 is 0 Å². The number of aliphatic imine (C=N–C) groups is 1. The zero-order valence-corrected chi connectivity index (χ0v) is 22.8. The van der Waals surface area contributed by atoms with Crippen molar-refractivity contribution in [2.45, 2.75) is 63.5 Å². The van der Waals surface area contributed by atoms with Crippen LogP contribution in [0.3, 0.4) is 0 Å². The molecule has 1 unspecified atom stereocenters. The van der Waals surface area contributed by atoms with Gasteiger partial charge in [-0.1, -0.05) is 6.42 Å². The van der Waals surface area contributed by atoms with Gasteiger partial charge in [0.15, 0.2) is 0 Å². The van der Waals surface area contributed by atoms with Crippen LogP contribution in [0.4, 0.5) is 14.5 Å². The summed E-state index contributed by atoms with van der Waals surface area (Å²) in [6, 6.07) is 3.85. The zero-order valence-electron chi connectivity index (χ0n) is 22.8. The molecule has 0 amide bonds. The second-order valence-corrected chi connectivity index (χ2v) is 9.58. The van der Waals surface area contributed by atoms with Crippen molar-refractivity contribution in [1.82, 2.24) is 16.0 Å². The zero-order chi connectivity index (χ0) is 27.9. The molecule has 2 aliphatic rings. The van der Waals surface area contributed by atoms with E-state index in [1.165, 1.54) is 18.1 Å². The Balaban J connectivity index is 0.00000247. The van der Waals surface area contributed by atoms with E-state index in [0.717, 1.165) is 81.4 Å². The molecule has 8 nitrogen and oxygen atoms in total. The fraction of sp³-hybridized carbons (Fsp3) is 0.571. The van der Waals surface area contributed by atoms with E-state index in [2.05, 4.69) is 26.3 Å². The summed E-state index contributed by atoms with van der Waals surface area (Å²) in [6.07, 6.45) is 6.95. The van der Waals surface area contributed by atoms with Crippen molar-refractivity contribution in [2.75, 3.05) is 45.6 Å². The molecule has 0 saturated carbocycles. The molecular formula is C28H45F2N7O. The van der Waals surface area contributed by atoms with Gasteiger partial charge in [-0.05, 0) is 87.5 Å². The van der Waals surface area contributed by atoms with Gasteiger partial charge in [0.25, 0.3) is 6.43 Å². The third kappa shape index (κ3) is 8.61. The Morgan fingerprint density at radius 3 is 2.58 bits per heavy atom. The minimum atomic E-state index is -2.63. The number of hydrogen-bond donors (Lipinski definition) is 6. The minimum Gasteiger partial charge on any atom is -0.404 e. The number of carbonyl (C=O) groups is 1. The van der Waals surface area contributed by atoms with Gasteiger partial charge in [0, 0.05) is 61.1 Å². The monoisotopic (exact) mass is 533 g/mol. The lowest BCUT2D eigenvalue weighted by Crippen LogP contribution is -2.42. The topological polar surface area (TPSA) is 130 Å². The lowest BCUT2D eigenvalue weighted by molar-refractivity contribution is -0.0980. The normalized spacial score (nSPS) is 19.5. The molecule has 1 aromatic carbocycles. The van der Waals surface area contributed by atoms with Crippen LogP contribution in [0.25, 0.3) is 5.57 Å². The quantitative estimate of drug-likeness (QED) is 0.255. The van der Waals surface area contributed by atoms with Crippen LogP contribution in [0.5, 0.6) is 0 Å². The van der Waals surface area contributed by atoms with Crippen LogP contribution >= 0.6 is 0 Å². The fourth-order valence-electron chi connectivity index (χ4n) is 5.22. The molecule has 38 heavy (non-hydrogen) atoms. The SMILES string of the molecule is C=O.CN=C/C(=C\N)c1cc2c(cc1C(F)F)NC(/C(CN)=C(/CCNC)NC1CCNCC1)CCCC2. The molecule has 0 bridgehead atoms. The number of aryl methyl sites for hydroxylation is 1. The van der Waals surface area contributed by atoms with Crippen LogP contribution in [0.15, 0.2) is 34.6 Å². The van der Waals surface area contributed by atoms with E-state index in [-0.39, 0.29) is 11.6 Å². The van der Waals surface area contributed by atoms with Gasteiger partial charge < -0.3 is 37.5 Å². The van der Waals surface area contributed by atoms with Gasteiger partial charge in [-0.15, -0.1) is 0 Å². The number of anilines is 1. The molecule has 212 valence electrons. The molecule has 1 saturated heterocycles. The van der Waals surface area contributed by atoms with Crippen molar-refractivity contribution in [3.63, 3.8) is 0 Å². The van der Waals surface area contributed by atoms with E-state index in [9.17, 15) is 8.78 Å². The summed E-state index contributed by atoms with van der Waals surface area (Å²) in [5, 5.41) is 14.1. The van der Waals surface area contributed by atoms with E-state index in [4.69, 9.17) is 16.3 Å². The van der Waals surface area contributed by atoms with E-state index >= 15 is 0 Å². The molecule has 3 rings (SSSR count). The number of nitrogens with zero attached hydrogens (tertiary/aromatic N) is 1. The maximum absolute atomic E-state index is 14.2. The van der Waals surface area contributed by atoms with Crippen molar-refractivity contribution in [3.8, 4) is 0 Å². The highest BCUT2D eigenvalue weighted by Crippen LogP contribution is 2.35. The molecule has 8 N–H and O–H groups in total. The number of alkyl halides is 2. The second kappa shape index (κ2) is 16.9. The molecule has 0 radical (unpaired) electrons.